The van der Waals surface area contributed by atoms with Crippen LogP contribution >= 0.6 is 0 Å². The van der Waals surface area contributed by atoms with Crippen LogP contribution in [0.3, 0.4) is 0 Å². The van der Waals surface area contributed by atoms with Gasteiger partial charge in [-0.2, -0.15) is 0 Å². The Bertz CT molecular complexity index is 303. The van der Waals surface area contributed by atoms with E-state index in [0.29, 0.717) is 5.56 Å². The van der Waals surface area contributed by atoms with Crippen LogP contribution in [0, 0.1) is 11.6 Å². The lowest BCUT2D eigenvalue weighted by Crippen LogP contribution is -2.13. The van der Waals surface area contributed by atoms with Crippen LogP contribution in [-0.4, -0.2) is 14.1 Å². The molecule has 78 valence electrons. The molecule has 2 nitrogen and oxygen atoms in total. The van der Waals surface area contributed by atoms with E-state index in [4.69, 9.17) is 0 Å². The highest BCUT2D eigenvalue weighted by atomic mass is 19.1. The second kappa shape index (κ2) is 4.37. The summed E-state index contributed by atoms with van der Waals surface area (Å²) in [5.41, 5.74) is 0.513. The fourth-order valence-electron chi connectivity index (χ4n) is 1.25. The average molecular weight is 200 g/mol. The zero-order valence-corrected chi connectivity index (χ0v) is 8.49. The molecule has 1 atom stereocenters. The van der Waals surface area contributed by atoms with Gasteiger partial charge in [0.25, 0.3) is 0 Å². The SMILES string of the molecule is CNc1c(F)cc(C(C)NC)cc1F. The third-order valence-corrected chi connectivity index (χ3v) is 2.25. The van der Waals surface area contributed by atoms with E-state index in [1.54, 1.807) is 7.05 Å². The topological polar surface area (TPSA) is 24.1 Å². The van der Waals surface area contributed by atoms with E-state index in [2.05, 4.69) is 10.6 Å². The average Bonchev–Trinajstić information content (AvgIpc) is 2.16. The highest BCUT2D eigenvalue weighted by molar-refractivity contribution is 5.47. The van der Waals surface area contributed by atoms with Crippen LogP contribution in [-0.2, 0) is 0 Å². The number of rotatable bonds is 3. The van der Waals surface area contributed by atoms with Crippen molar-refractivity contribution < 1.29 is 8.78 Å². The van der Waals surface area contributed by atoms with Crippen LogP contribution in [0.15, 0.2) is 12.1 Å². The molecule has 0 bridgehead atoms. The molecule has 0 spiro atoms. The molecule has 0 fully saturated rings. The van der Waals surface area contributed by atoms with Gasteiger partial charge < -0.3 is 10.6 Å². The molecule has 1 rings (SSSR count). The predicted octanol–water partition coefficient (Wildman–Crippen LogP) is 2.29. The van der Waals surface area contributed by atoms with Crippen LogP contribution in [0.5, 0.6) is 0 Å². The number of hydrogen-bond donors (Lipinski definition) is 2. The monoisotopic (exact) mass is 200 g/mol. The van der Waals surface area contributed by atoms with Gasteiger partial charge in [-0.1, -0.05) is 0 Å². The van der Waals surface area contributed by atoms with Gasteiger partial charge in [-0.05, 0) is 31.7 Å². The standard InChI is InChI=1S/C10H14F2N2/c1-6(13-2)7-4-8(11)10(14-3)9(12)5-7/h4-6,13-14H,1-3H3. The van der Waals surface area contributed by atoms with E-state index < -0.39 is 11.6 Å². The summed E-state index contributed by atoms with van der Waals surface area (Å²) in [6.07, 6.45) is 0. The molecule has 0 aliphatic carbocycles. The van der Waals surface area contributed by atoms with Crippen LogP contribution < -0.4 is 10.6 Å². The molecule has 0 saturated carbocycles. The maximum Gasteiger partial charge on any atom is 0.149 e. The maximum absolute atomic E-state index is 13.3. The van der Waals surface area contributed by atoms with Gasteiger partial charge in [0.15, 0.2) is 0 Å². The Balaban J connectivity index is 3.13. The molecule has 14 heavy (non-hydrogen) atoms. The van der Waals surface area contributed by atoms with Crippen molar-refractivity contribution in [3.8, 4) is 0 Å². The van der Waals surface area contributed by atoms with Crippen LogP contribution in [0.25, 0.3) is 0 Å². The van der Waals surface area contributed by atoms with Gasteiger partial charge in [-0.3, -0.25) is 0 Å². The first-order chi connectivity index (χ1) is 6.60. The summed E-state index contributed by atoms with van der Waals surface area (Å²) in [6.45, 7) is 1.84. The summed E-state index contributed by atoms with van der Waals surface area (Å²) in [7, 11) is 3.23. The lowest BCUT2D eigenvalue weighted by atomic mass is 10.1. The molecule has 1 unspecified atom stereocenters. The van der Waals surface area contributed by atoms with Gasteiger partial charge in [0, 0.05) is 13.1 Å². The quantitative estimate of drug-likeness (QED) is 0.782. The molecular formula is C10H14F2N2. The maximum atomic E-state index is 13.3. The highest BCUT2D eigenvalue weighted by Crippen LogP contribution is 2.23. The summed E-state index contributed by atoms with van der Waals surface area (Å²) < 4.78 is 26.6. The van der Waals surface area contributed by atoms with E-state index >= 15 is 0 Å². The predicted molar refractivity (Wildman–Crippen MR) is 53.4 cm³/mol. The number of anilines is 1. The third kappa shape index (κ3) is 2.01. The zero-order chi connectivity index (χ0) is 10.7. The number of nitrogens with one attached hydrogen (secondary N) is 2. The molecule has 2 N–H and O–H groups in total. The van der Waals surface area contributed by atoms with Crippen molar-refractivity contribution in [1.29, 1.82) is 0 Å². The summed E-state index contributed by atoms with van der Waals surface area (Å²) >= 11 is 0. The first kappa shape index (κ1) is 10.9. The fraction of sp³-hybridized carbons (Fsp3) is 0.400. The molecule has 1 aromatic carbocycles. The minimum atomic E-state index is -0.565. The Hall–Kier alpha value is -1.16. The lowest BCUT2D eigenvalue weighted by Gasteiger charge is -2.12. The molecule has 0 saturated heterocycles. The van der Waals surface area contributed by atoms with E-state index in [-0.39, 0.29) is 11.7 Å². The first-order valence-electron chi connectivity index (χ1n) is 4.44. The summed E-state index contributed by atoms with van der Waals surface area (Å²) in [6, 6.07) is 2.59. The van der Waals surface area contributed by atoms with Crippen molar-refractivity contribution >= 4 is 5.69 Å². The van der Waals surface area contributed by atoms with Crippen molar-refractivity contribution in [1.82, 2.24) is 5.32 Å². The zero-order valence-electron chi connectivity index (χ0n) is 8.49. The third-order valence-electron chi connectivity index (χ3n) is 2.25. The fourth-order valence-corrected chi connectivity index (χ4v) is 1.25. The van der Waals surface area contributed by atoms with Gasteiger partial charge >= 0.3 is 0 Å². The molecule has 4 heteroatoms. The molecule has 1 aromatic rings. The van der Waals surface area contributed by atoms with Gasteiger partial charge in [0.2, 0.25) is 0 Å². The largest absolute Gasteiger partial charge is 0.383 e. The van der Waals surface area contributed by atoms with Crippen LogP contribution in [0.2, 0.25) is 0 Å². The summed E-state index contributed by atoms with van der Waals surface area (Å²) in [4.78, 5) is 0. The van der Waals surface area contributed by atoms with Crippen molar-refractivity contribution in [2.45, 2.75) is 13.0 Å². The summed E-state index contributed by atoms with van der Waals surface area (Å²) in [5, 5.41) is 5.40. The Labute approximate surface area is 82.3 Å². The second-order valence-corrected chi connectivity index (χ2v) is 3.12. The molecule has 0 radical (unpaired) electrons. The Morgan fingerprint density at radius 2 is 1.64 bits per heavy atom. The molecule has 0 aromatic heterocycles. The van der Waals surface area contributed by atoms with Crippen molar-refractivity contribution in [2.24, 2.45) is 0 Å². The van der Waals surface area contributed by atoms with Gasteiger partial charge in [0.05, 0.1) is 0 Å². The minimum Gasteiger partial charge on any atom is -0.383 e. The van der Waals surface area contributed by atoms with Gasteiger partial charge in [-0.25, -0.2) is 8.78 Å². The first-order valence-corrected chi connectivity index (χ1v) is 4.44. The van der Waals surface area contributed by atoms with Gasteiger partial charge in [-0.15, -0.1) is 0 Å². The summed E-state index contributed by atoms with van der Waals surface area (Å²) in [5.74, 6) is -1.13. The van der Waals surface area contributed by atoms with Crippen molar-refractivity contribution in [2.75, 3.05) is 19.4 Å². The Morgan fingerprint density at radius 3 is 2.00 bits per heavy atom. The number of benzene rings is 1. The van der Waals surface area contributed by atoms with E-state index in [0.717, 1.165) is 0 Å². The van der Waals surface area contributed by atoms with Crippen LogP contribution in [0.1, 0.15) is 18.5 Å². The lowest BCUT2D eigenvalue weighted by molar-refractivity contribution is 0.572. The molecule has 0 aliphatic heterocycles. The van der Waals surface area contributed by atoms with E-state index in [9.17, 15) is 8.78 Å². The molecular weight excluding hydrogens is 186 g/mol. The van der Waals surface area contributed by atoms with Crippen molar-refractivity contribution in [3.63, 3.8) is 0 Å². The smallest absolute Gasteiger partial charge is 0.149 e. The minimum absolute atomic E-state index is 0.0649. The molecule has 0 amide bonds. The number of hydrogen-bond acceptors (Lipinski definition) is 2. The highest BCUT2D eigenvalue weighted by Gasteiger charge is 2.12. The molecule has 0 heterocycles. The van der Waals surface area contributed by atoms with Crippen LogP contribution in [0.4, 0.5) is 14.5 Å². The van der Waals surface area contributed by atoms with E-state index in [1.807, 2.05) is 6.92 Å². The Morgan fingerprint density at radius 1 is 1.14 bits per heavy atom. The number of halogens is 2. The van der Waals surface area contributed by atoms with E-state index in [1.165, 1.54) is 19.2 Å². The normalized spacial score (nSPS) is 12.6. The second-order valence-electron chi connectivity index (χ2n) is 3.12. The van der Waals surface area contributed by atoms with Gasteiger partial charge in [0.1, 0.15) is 17.3 Å². The Kier molecular flexibility index (Phi) is 3.41. The molecule has 0 aliphatic rings. The van der Waals surface area contributed by atoms with Crippen molar-refractivity contribution in [3.05, 3.63) is 29.3 Å².